The zero-order chi connectivity index (χ0) is 18.8. The fourth-order valence-corrected chi connectivity index (χ4v) is 2.74. The minimum atomic E-state index is -0.367. The van der Waals surface area contributed by atoms with E-state index in [4.69, 9.17) is 0 Å². The number of nitrogens with zero attached hydrogens (tertiary/aromatic N) is 3. The molecule has 1 aromatic rings. The Morgan fingerprint density at radius 2 is 1.84 bits per heavy atom. The van der Waals surface area contributed by atoms with Crippen molar-refractivity contribution in [3.05, 3.63) is 39.9 Å². The molecule has 0 aliphatic rings. The number of nitrogens with one attached hydrogen (secondary N) is 2. The van der Waals surface area contributed by atoms with Crippen LogP contribution in [0.5, 0.6) is 0 Å². The summed E-state index contributed by atoms with van der Waals surface area (Å²) in [7, 11) is 0. The number of para-hydroxylation sites is 1. The van der Waals surface area contributed by atoms with Gasteiger partial charge in [0.1, 0.15) is 0 Å². The van der Waals surface area contributed by atoms with Crippen molar-refractivity contribution < 1.29 is 4.92 Å². The van der Waals surface area contributed by atoms with Crippen LogP contribution in [0.25, 0.3) is 0 Å². The highest BCUT2D eigenvalue weighted by Gasteiger charge is 2.13. The van der Waals surface area contributed by atoms with Crippen molar-refractivity contribution in [3.8, 4) is 0 Å². The van der Waals surface area contributed by atoms with Crippen LogP contribution in [-0.2, 0) is 6.54 Å². The van der Waals surface area contributed by atoms with E-state index < -0.39 is 0 Å². The number of aliphatic imine (C=N–C) groups is 1. The second-order valence-corrected chi connectivity index (χ2v) is 6.43. The van der Waals surface area contributed by atoms with E-state index in [0.717, 1.165) is 19.6 Å². The van der Waals surface area contributed by atoms with E-state index in [1.807, 2.05) is 6.92 Å². The molecule has 0 spiro atoms. The Hall–Kier alpha value is -2.15. The van der Waals surface area contributed by atoms with E-state index in [9.17, 15) is 10.1 Å². The van der Waals surface area contributed by atoms with E-state index in [1.54, 1.807) is 18.2 Å². The van der Waals surface area contributed by atoms with Gasteiger partial charge < -0.3 is 10.6 Å². The lowest BCUT2D eigenvalue weighted by Crippen LogP contribution is -2.45. The van der Waals surface area contributed by atoms with Crippen molar-refractivity contribution in [2.24, 2.45) is 4.99 Å². The van der Waals surface area contributed by atoms with Crippen molar-refractivity contribution in [1.29, 1.82) is 0 Å². The van der Waals surface area contributed by atoms with Gasteiger partial charge in [0.15, 0.2) is 5.96 Å². The zero-order valence-corrected chi connectivity index (χ0v) is 16.0. The van der Waals surface area contributed by atoms with E-state index in [1.165, 1.54) is 6.07 Å². The van der Waals surface area contributed by atoms with Gasteiger partial charge >= 0.3 is 0 Å². The molecule has 0 amide bonds. The van der Waals surface area contributed by atoms with Crippen LogP contribution in [0.15, 0.2) is 29.3 Å². The first-order chi connectivity index (χ1) is 11.9. The fourth-order valence-electron chi connectivity index (χ4n) is 2.74. The van der Waals surface area contributed by atoms with Gasteiger partial charge in [-0.2, -0.15) is 0 Å². The molecular formula is C18H31N5O2. The summed E-state index contributed by atoms with van der Waals surface area (Å²) in [4.78, 5) is 17.6. The van der Waals surface area contributed by atoms with Gasteiger partial charge in [-0.3, -0.25) is 15.0 Å². The Balaban J connectivity index is 2.70. The first-order valence-electron chi connectivity index (χ1n) is 8.87. The molecule has 140 valence electrons. The number of hydrogen-bond acceptors (Lipinski definition) is 4. The average Bonchev–Trinajstić information content (AvgIpc) is 2.55. The van der Waals surface area contributed by atoms with Gasteiger partial charge in [0.05, 0.1) is 17.0 Å². The number of nitro benzene ring substituents is 1. The Labute approximate surface area is 150 Å². The molecule has 0 heterocycles. The molecule has 0 aromatic heterocycles. The molecule has 0 aliphatic heterocycles. The molecular weight excluding hydrogens is 318 g/mol. The van der Waals surface area contributed by atoms with Crippen molar-refractivity contribution in [1.82, 2.24) is 15.5 Å². The summed E-state index contributed by atoms with van der Waals surface area (Å²) < 4.78 is 0. The second-order valence-electron chi connectivity index (χ2n) is 6.43. The van der Waals surface area contributed by atoms with Crippen molar-refractivity contribution >= 4 is 11.6 Å². The molecule has 7 nitrogen and oxygen atoms in total. The van der Waals surface area contributed by atoms with Crippen LogP contribution in [0.2, 0.25) is 0 Å². The van der Waals surface area contributed by atoms with Gasteiger partial charge in [0.25, 0.3) is 5.69 Å². The minimum absolute atomic E-state index is 0.105. The molecule has 0 radical (unpaired) electrons. The van der Waals surface area contributed by atoms with E-state index in [2.05, 4.69) is 48.2 Å². The Kier molecular flexibility index (Phi) is 8.91. The molecule has 0 saturated carbocycles. The number of benzene rings is 1. The predicted molar refractivity (Wildman–Crippen MR) is 103 cm³/mol. The lowest BCUT2D eigenvalue weighted by atomic mass is 10.2. The molecule has 1 rings (SSSR count). The molecule has 0 saturated heterocycles. The normalized spacial score (nSPS) is 12.1. The van der Waals surface area contributed by atoms with Crippen LogP contribution in [0, 0.1) is 10.1 Å². The molecule has 25 heavy (non-hydrogen) atoms. The summed E-state index contributed by atoms with van der Waals surface area (Å²) in [6.45, 7) is 13.4. The number of nitro groups is 1. The molecule has 0 aliphatic carbocycles. The highest BCUT2D eigenvalue weighted by molar-refractivity contribution is 5.79. The van der Waals surface area contributed by atoms with Crippen molar-refractivity contribution in [2.45, 2.75) is 53.2 Å². The first kappa shape index (κ1) is 20.9. The molecule has 0 fully saturated rings. The predicted octanol–water partition coefficient (Wildman–Crippen LogP) is 2.77. The Morgan fingerprint density at radius 1 is 1.20 bits per heavy atom. The number of guanidine groups is 1. The third-order valence-corrected chi connectivity index (χ3v) is 3.93. The average molecular weight is 349 g/mol. The third kappa shape index (κ3) is 7.09. The zero-order valence-electron chi connectivity index (χ0n) is 16.0. The van der Waals surface area contributed by atoms with Gasteiger partial charge in [-0.05, 0) is 34.6 Å². The van der Waals surface area contributed by atoms with Gasteiger partial charge in [-0.25, -0.2) is 4.99 Å². The van der Waals surface area contributed by atoms with E-state index in [-0.39, 0.29) is 17.2 Å². The lowest BCUT2D eigenvalue weighted by molar-refractivity contribution is -0.385. The van der Waals surface area contributed by atoms with Crippen LogP contribution < -0.4 is 10.6 Å². The summed E-state index contributed by atoms with van der Waals surface area (Å²) in [6, 6.07) is 7.67. The van der Waals surface area contributed by atoms with Crippen LogP contribution in [0.3, 0.4) is 0 Å². The van der Waals surface area contributed by atoms with Gasteiger partial charge in [-0.15, -0.1) is 0 Å². The maximum atomic E-state index is 11.1. The number of rotatable bonds is 9. The van der Waals surface area contributed by atoms with Gasteiger partial charge in [0.2, 0.25) is 0 Å². The summed E-state index contributed by atoms with van der Waals surface area (Å²) in [5, 5.41) is 17.6. The Bertz CT molecular complexity index is 564. The maximum absolute atomic E-state index is 11.1. The molecule has 0 bridgehead atoms. The summed E-state index contributed by atoms with van der Waals surface area (Å²) in [5.41, 5.74) is 0.712. The summed E-state index contributed by atoms with van der Waals surface area (Å²) >= 11 is 0. The lowest BCUT2D eigenvalue weighted by Gasteiger charge is -2.30. The summed E-state index contributed by atoms with van der Waals surface area (Å²) in [6.07, 6.45) is 0. The van der Waals surface area contributed by atoms with Crippen LogP contribution in [-0.4, -0.2) is 47.5 Å². The topological polar surface area (TPSA) is 82.8 Å². The molecule has 1 aromatic carbocycles. The van der Waals surface area contributed by atoms with Crippen LogP contribution >= 0.6 is 0 Å². The highest BCUT2D eigenvalue weighted by atomic mass is 16.6. The molecule has 7 heteroatoms. The first-order valence-corrected chi connectivity index (χ1v) is 8.87. The van der Waals surface area contributed by atoms with Gasteiger partial charge in [-0.1, -0.05) is 18.2 Å². The standard InChI is InChI=1S/C18H31N5O2/c1-6-19-18(20-11-12-22(14(2)3)15(4)5)21-13-16-9-7-8-10-17(16)23(24)25/h7-10,14-15H,6,11-13H2,1-5H3,(H2,19,20,21). The van der Waals surface area contributed by atoms with E-state index >= 15 is 0 Å². The van der Waals surface area contributed by atoms with Crippen LogP contribution in [0.4, 0.5) is 5.69 Å². The highest BCUT2D eigenvalue weighted by Crippen LogP contribution is 2.18. The smallest absolute Gasteiger partial charge is 0.274 e. The fraction of sp³-hybridized carbons (Fsp3) is 0.611. The molecule has 2 N–H and O–H groups in total. The largest absolute Gasteiger partial charge is 0.357 e. The maximum Gasteiger partial charge on any atom is 0.274 e. The Morgan fingerprint density at radius 3 is 2.40 bits per heavy atom. The van der Waals surface area contributed by atoms with Crippen molar-refractivity contribution in [2.75, 3.05) is 19.6 Å². The molecule has 0 atom stereocenters. The number of hydrogen-bond donors (Lipinski definition) is 2. The second kappa shape index (κ2) is 10.7. The molecule has 0 unspecified atom stereocenters. The van der Waals surface area contributed by atoms with Gasteiger partial charge in [0, 0.05) is 37.8 Å². The van der Waals surface area contributed by atoms with Crippen LogP contribution in [0.1, 0.15) is 40.2 Å². The van der Waals surface area contributed by atoms with E-state index in [0.29, 0.717) is 23.6 Å². The summed E-state index contributed by atoms with van der Waals surface area (Å²) in [5.74, 6) is 0.674. The van der Waals surface area contributed by atoms with Crippen molar-refractivity contribution in [3.63, 3.8) is 0 Å². The third-order valence-electron chi connectivity index (χ3n) is 3.93. The monoisotopic (exact) mass is 349 g/mol. The minimum Gasteiger partial charge on any atom is -0.357 e. The quantitative estimate of drug-likeness (QED) is 0.310. The SMILES string of the molecule is CCNC(=NCc1ccccc1[N+](=O)[O-])NCCN(C(C)C)C(C)C.